The summed E-state index contributed by atoms with van der Waals surface area (Å²) in [5, 5.41) is 0. The van der Waals surface area contributed by atoms with Gasteiger partial charge in [0.1, 0.15) is 5.82 Å². The van der Waals surface area contributed by atoms with Crippen LogP contribution >= 0.6 is 0 Å². The van der Waals surface area contributed by atoms with E-state index >= 15 is 0 Å². The molecule has 0 unspecified atom stereocenters. The Morgan fingerprint density at radius 1 is 1.43 bits per heavy atom. The minimum absolute atomic E-state index is 0.290. The normalized spacial score (nSPS) is 11.4. The third-order valence-electron chi connectivity index (χ3n) is 1.49. The third kappa shape index (κ3) is 2.01. The average Bonchev–Trinajstić information content (AvgIpc) is 2.01. The number of carbonyl (C=O) groups is 1. The Kier molecular flexibility index (Phi) is 2.46. The number of nitrogens with zero attached hydrogens (tertiary/aromatic N) is 1. The van der Waals surface area contributed by atoms with E-state index in [1.54, 1.807) is 0 Å². The Bertz CT molecular complexity index is 373. The first-order valence-corrected chi connectivity index (χ1v) is 3.52. The van der Waals surface area contributed by atoms with Crippen molar-refractivity contribution in [2.24, 2.45) is 0 Å². The summed E-state index contributed by atoms with van der Waals surface area (Å²) in [5.74, 6) is -1.23. The second-order valence-corrected chi connectivity index (χ2v) is 2.55. The number of hydrogen-bond donors (Lipinski definition) is 1. The molecule has 1 aromatic heterocycles. The second-order valence-electron chi connectivity index (χ2n) is 2.55. The summed E-state index contributed by atoms with van der Waals surface area (Å²) >= 11 is 0. The van der Waals surface area contributed by atoms with Crippen LogP contribution in [0.2, 0.25) is 0 Å². The van der Waals surface area contributed by atoms with Gasteiger partial charge in [-0.3, -0.25) is 4.79 Å². The Hall–Kier alpha value is -1.59. The lowest BCUT2D eigenvalue weighted by Gasteiger charge is -2.09. The molecule has 0 amide bonds. The molecule has 0 atom stereocenters. The molecule has 75 valence electrons. The van der Waals surface area contributed by atoms with Crippen LogP contribution in [0.4, 0.5) is 19.0 Å². The van der Waals surface area contributed by atoms with E-state index < -0.39 is 23.2 Å². The molecule has 0 fully saturated rings. The van der Waals surface area contributed by atoms with Gasteiger partial charge in [-0.05, 0) is 12.1 Å². The number of pyridine rings is 1. The lowest BCUT2D eigenvalue weighted by Crippen LogP contribution is -2.15. The predicted octanol–water partition coefficient (Wildman–Crippen LogP) is 1.70. The molecule has 0 aromatic carbocycles. The van der Waals surface area contributed by atoms with E-state index in [4.69, 9.17) is 5.73 Å². The van der Waals surface area contributed by atoms with Crippen LogP contribution in [0.5, 0.6) is 0 Å². The summed E-state index contributed by atoms with van der Waals surface area (Å²) in [4.78, 5) is 13.8. The van der Waals surface area contributed by atoms with Crippen molar-refractivity contribution in [3.63, 3.8) is 0 Å². The highest BCUT2D eigenvalue weighted by molar-refractivity contribution is 6.00. The summed E-state index contributed by atoms with van der Waals surface area (Å²) in [6.45, 7) is 2.89. The van der Waals surface area contributed by atoms with Crippen LogP contribution in [0.15, 0.2) is 12.1 Å². The first kappa shape index (κ1) is 10.5. The number of rotatable bonds is 1. The summed E-state index contributed by atoms with van der Waals surface area (Å²) in [7, 11) is 0. The van der Waals surface area contributed by atoms with Crippen LogP contribution in [0, 0.1) is 6.92 Å². The van der Waals surface area contributed by atoms with Crippen molar-refractivity contribution in [3.8, 4) is 0 Å². The number of aromatic nitrogens is 1. The Labute approximate surface area is 77.7 Å². The van der Waals surface area contributed by atoms with Gasteiger partial charge in [0, 0.05) is 12.5 Å². The quantitative estimate of drug-likeness (QED) is 0.706. The van der Waals surface area contributed by atoms with Crippen LogP contribution in [0.3, 0.4) is 0 Å². The van der Waals surface area contributed by atoms with Crippen molar-refractivity contribution in [1.82, 2.24) is 4.98 Å². The molecule has 1 rings (SSSR count). The van der Waals surface area contributed by atoms with Crippen LogP contribution < -0.4 is 5.73 Å². The zero-order valence-electron chi connectivity index (χ0n) is 6.93. The van der Waals surface area contributed by atoms with Gasteiger partial charge in [-0.25, -0.2) is 4.98 Å². The highest BCUT2D eigenvalue weighted by Crippen LogP contribution is 2.31. The van der Waals surface area contributed by atoms with Crippen LogP contribution in [-0.2, 0) is 6.18 Å². The molecule has 0 saturated carbocycles. The number of ketones is 1. The molecule has 14 heavy (non-hydrogen) atoms. The maximum Gasteiger partial charge on any atom is 0.434 e. The lowest BCUT2D eigenvalue weighted by molar-refractivity contribution is -0.141. The van der Waals surface area contributed by atoms with Gasteiger partial charge in [0.2, 0.25) is 0 Å². The van der Waals surface area contributed by atoms with E-state index in [1.807, 2.05) is 0 Å². The molecule has 0 aliphatic carbocycles. The molecule has 0 spiro atoms. The van der Waals surface area contributed by atoms with Crippen molar-refractivity contribution < 1.29 is 18.0 Å². The van der Waals surface area contributed by atoms with E-state index in [0.717, 1.165) is 12.1 Å². The van der Waals surface area contributed by atoms with E-state index in [1.165, 1.54) is 0 Å². The smallest absolute Gasteiger partial charge is 0.384 e. The summed E-state index contributed by atoms with van der Waals surface area (Å²) < 4.78 is 36.9. The Morgan fingerprint density at radius 3 is 2.43 bits per heavy atom. The number of alkyl halides is 3. The van der Waals surface area contributed by atoms with Crippen molar-refractivity contribution in [2.45, 2.75) is 6.18 Å². The van der Waals surface area contributed by atoms with Crippen LogP contribution in [-0.4, -0.2) is 10.8 Å². The van der Waals surface area contributed by atoms with Gasteiger partial charge in [-0.1, -0.05) is 0 Å². The number of carbonyl (C=O) groups excluding carboxylic acids is 1. The fraction of sp³-hybridized carbons (Fsp3) is 0.125. The Balaban J connectivity index is 3.38. The van der Waals surface area contributed by atoms with Gasteiger partial charge < -0.3 is 5.73 Å². The molecule has 6 heteroatoms. The molecule has 0 aliphatic heterocycles. The van der Waals surface area contributed by atoms with E-state index in [9.17, 15) is 18.0 Å². The number of Topliss-reactive ketones (excluding diaryl/α,β-unsaturated/α-hetero) is 1. The summed E-state index contributed by atoms with van der Waals surface area (Å²) in [6.07, 6.45) is -4.70. The molecule has 0 bridgehead atoms. The van der Waals surface area contributed by atoms with Crippen molar-refractivity contribution in [2.75, 3.05) is 5.73 Å². The molecule has 0 aliphatic rings. The fourth-order valence-corrected chi connectivity index (χ4v) is 0.915. The van der Waals surface area contributed by atoms with Crippen LogP contribution in [0.1, 0.15) is 16.1 Å². The SMILES string of the molecule is [CH2]C(=O)c1ccc(N)nc1C(F)(F)F. The highest BCUT2D eigenvalue weighted by Gasteiger charge is 2.36. The predicted molar refractivity (Wildman–Crippen MR) is 43.3 cm³/mol. The molecule has 1 radical (unpaired) electrons. The molecule has 1 aromatic rings. The fourth-order valence-electron chi connectivity index (χ4n) is 0.915. The molecule has 1 heterocycles. The van der Waals surface area contributed by atoms with E-state index in [-0.39, 0.29) is 5.82 Å². The van der Waals surface area contributed by atoms with Gasteiger partial charge in [0.15, 0.2) is 11.5 Å². The van der Waals surface area contributed by atoms with E-state index in [0.29, 0.717) is 0 Å². The highest BCUT2D eigenvalue weighted by atomic mass is 19.4. The van der Waals surface area contributed by atoms with Gasteiger partial charge in [0.05, 0.1) is 0 Å². The van der Waals surface area contributed by atoms with Gasteiger partial charge in [-0.2, -0.15) is 13.2 Å². The first-order chi connectivity index (χ1) is 6.32. The minimum Gasteiger partial charge on any atom is -0.384 e. The number of anilines is 1. The van der Waals surface area contributed by atoms with Crippen LogP contribution in [0.25, 0.3) is 0 Å². The second kappa shape index (κ2) is 3.28. The molecule has 3 nitrogen and oxygen atoms in total. The average molecular weight is 203 g/mol. The lowest BCUT2D eigenvalue weighted by atomic mass is 10.1. The third-order valence-corrected chi connectivity index (χ3v) is 1.49. The minimum atomic E-state index is -4.70. The standard InChI is InChI=1S/C8H6F3N2O/c1-4(14)5-2-3-6(12)13-7(5)8(9,10)11/h2-3H,1H2,(H2,12,13). The Morgan fingerprint density at radius 2 is 2.00 bits per heavy atom. The van der Waals surface area contributed by atoms with Gasteiger partial charge in [-0.15, -0.1) is 0 Å². The maximum absolute atomic E-state index is 12.3. The maximum atomic E-state index is 12.3. The summed E-state index contributed by atoms with van der Waals surface area (Å²) in [6, 6.07) is 2.08. The van der Waals surface area contributed by atoms with Crippen molar-refractivity contribution in [3.05, 3.63) is 30.3 Å². The molecule has 0 saturated heterocycles. The number of nitrogens with two attached hydrogens (primary N) is 1. The zero-order valence-corrected chi connectivity index (χ0v) is 6.93. The number of hydrogen-bond acceptors (Lipinski definition) is 3. The monoisotopic (exact) mass is 203 g/mol. The van der Waals surface area contributed by atoms with E-state index in [2.05, 4.69) is 11.9 Å². The summed E-state index contributed by atoms with van der Waals surface area (Å²) in [5.41, 5.74) is 3.21. The van der Waals surface area contributed by atoms with Gasteiger partial charge in [0.25, 0.3) is 0 Å². The molecular formula is C8H6F3N2O. The number of nitrogen functional groups attached to an aromatic ring is 1. The van der Waals surface area contributed by atoms with Crippen molar-refractivity contribution in [1.29, 1.82) is 0 Å². The topological polar surface area (TPSA) is 56.0 Å². The van der Waals surface area contributed by atoms with Gasteiger partial charge >= 0.3 is 6.18 Å². The largest absolute Gasteiger partial charge is 0.434 e. The first-order valence-electron chi connectivity index (χ1n) is 3.52. The molecular weight excluding hydrogens is 197 g/mol. The number of halogens is 3. The zero-order chi connectivity index (χ0) is 10.9. The van der Waals surface area contributed by atoms with Crippen molar-refractivity contribution >= 4 is 11.6 Å². The molecule has 2 N–H and O–H groups in total.